The molecule has 0 radical (unpaired) electrons. The topological polar surface area (TPSA) is 201 Å². The predicted octanol–water partition coefficient (Wildman–Crippen LogP) is 4.16. The third-order valence-corrected chi connectivity index (χ3v) is 13.9. The second kappa shape index (κ2) is 15.8. The summed E-state index contributed by atoms with van der Waals surface area (Å²) in [6, 6.07) is 5.81. The molecule has 0 saturated heterocycles. The zero-order valence-corrected chi connectivity index (χ0v) is 31.6. The number of methoxy groups -OCH3 is 1. The molecule has 5 saturated carbocycles. The molecule has 0 aliphatic heterocycles. The molecule has 1 heterocycles. The average Bonchev–Trinajstić information content (AvgIpc) is 4.02. The Morgan fingerprint density at radius 3 is 2.37 bits per heavy atom. The van der Waals surface area contributed by atoms with Crippen LogP contribution >= 0.6 is 0 Å². The number of allylic oxidation sites excluding steroid dienone is 1. The Bertz CT molecular complexity index is 1840. The number of sulfonamides is 1. The van der Waals surface area contributed by atoms with Crippen molar-refractivity contribution in [3.05, 3.63) is 36.9 Å². The lowest BCUT2D eigenvalue weighted by atomic mass is 9.80. The standard InChI is InChI=1S/C38H51N7O8S/c1-3-8-25-22-38(25,36(48)43-54(50,51)29-17-18-29)40-35(47)31-21-26(45-42-34(41-44-45)24-13-15-27(52-2)16-14-24)20-30(31)33(46)32(19-23-9-5-4-6-10-23)39-37(49)53-28-11-7-12-28/h3,13-16,23,25-26,28-32H,1,4-12,17-22H2,2H3,(H,39,49)(H,40,47)(H,43,48)/t25-,26+,30?,31-,32?,38+/m1/s1. The molecule has 1 aromatic heterocycles. The van der Waals surface area contributed by atoms with E-state index in [-0.39, 0.29) is 43.0 Å². The predicted molar refractivity (Wildman–Crippen MR) is 196 cm³/mol. The van der Waals surface area contributed by atoms with E-state index in [0.717, 1.165) is 51.4 Å². The number of carbonyl (C=O) groups excluding carboxylic acids is 4. The fourth-order valence-corrected chi connectivity index (χ4v) is 9.78. The average molecular weight is 766 g/mol. The molecule has 5 fully saturated rings. The number of alkyl carbamates (subject to hydrolysis) is 1. The largest absolute Gasteiger partial charge is 0.497 e. The number of rotatable bonds is 16. The lowest BCUT2D eigenvalue weighted by Gasteiger charge is -2.31. The van der Waals surface area contributed by atoms with E-state index in [1.807, 2.05) is 12.1 Å². The number of tetrazole rings is 1. The molecule has 2 aromatic rings. The van der Waals surface area contributed by atoms with E-state index in [9.17, 15) is 27.6 Å². The highest BCUT2D eigenvalue weighted by Gasteiger charge is 2.62. The summed E-state index contributed by atoms with van der Waals surface area (Å²) in [4.78, 5) is 57.4. The van der Waals surface area contributed by atoms with Crippen molar-refractivity contribution >= 4 is 33.7 Å². The van der Waals surface area contributed by atoms with Crippen molar-refractivity contribution in [1.82, 2.24) is 35.6 Å². The van der Waals surface area contributed by atoms with Gasteiger partial charge >= 0.3 is 6.09 Å². The maximum Gasteiger partial charge on any atom is 0.407 e. The number of amides is 3. The van der Waals surface area contributed by atoms with Crippen LogP contribution in [0, 0.1) is 23.7 Å². The fraction of sp³-hybridized carbons (Fsp3) is 0.658. The molecule has 6 atom stereocenters. The van der Waals surface area contributed by atoms with Gasteiger partial charge < -0.3 is 20.1 Å². The van der Waals surface area contributed by atoms with Crippen molar-refractivity contribution in [3.63, 3.8) is 0 Å². The smallest absolute Gasteiger partial charge is 0.407 e. The zero-order valence-electron chi connectivity index (χ0n) is 30.8. The number of hydrogen-bond acceptors (Lipinski definition) is 11. The van der Waals surface area contributed by atoms with Crippen molar-refractivity contribution in [2.45, 2.75) is 125 Å². The summed E-state index contributed by atoms with van der Waals surface area (Å²) in [6.07, 6.45) is 10.9. The lowest BCUT2D eigenvalue weighted by molar-refractivity contribution is -0.136. The summed E-state index contributed by atoms with van der Waals surface area (Å²) < 4.78 is 38.7. The van der Waals surface area contributed by atoms with Crippen LogP contribution in [0.25, 0.3) is 11.4 Å². The van der Waals surface area contributed by atoms with Crippen LogP contribution in [0.15, 0.2) is 36.9 Å². The van der Waals surface area contributed by atoms with Crippen LogP contribution in [-0.4, -0.2) is 82.4 Å². The molecule has 0 bridgehead atoms. The van der Waals surface area contributed by atoms with Crippen LogP contribution in [0.1, 0.15) is 102 Å². The highest BCUT2D eigenvalue weighted by molar-refractivity contribution is 7.91. The lowest BCUT2D eigenvalue weighted by Crippen LogP contribution is -2.55. The van der Waals surface area contributed by atoms with Gasteiger partial charge in [-0.2, -0.15) is 4.80 Å². The van der Waals surface area contributed by atoms with Crippen LogP contribution in [0.4, 0.5) is 4.79 Å². The van der Waals surface area contributed by atoms with Crippen LogP contribution in [0.2, 0.25) is 0 Å². The molecular weight excluding hydrogens is 715 g/mol. The number of carbonyl (C=O) groups is 4. The summed E-state index contributed by atoms with van der Waals surface area (Å²) >= 11 is 0. The van der Waals surface area contributed by atoms with Crippen LogP contribution in [0.3, 0.4) is 0 Å². The van der Waals surface area contributed by atoms with Gasteiger partial charge in [0.05, 0.1) is 24.4 Å². The molecule has 1 aromatic carbocycles. The summed E-state index contributed by atoms with van der Waals surface area (Å²) in [5, 5.41) is 18.4. The molecule has 7 rings (SSSR count). The van der Waals surface area contributed by atoms with Crippen molar-refractivity contribution in [2.24, 2.45) is 23.7 Å². The Morgan fingerprint density at radius 1 is 1.00 bits per heavy atom. The fourth-order valence-electron chi connectivity index (χ4n) is 8.41. The first-order chi connectivity index (χ1) is 26.0. The Balaban J connectivity index is 1.15. The molecule has 5 aliphatic rings. The number of ether oxygens (including phenoxy) is 2. The summed E-state index contributed by atoms with van der Waals surface area (Å²) in [5.74, 6) is -2.47. The molecule has 3 amide bonds. The van der Waals surface area contributed by atoms with E-state index in [1.54, 1.807) is 25.3 Å². The van der Waals surface area contributed by atoms with E-state index in [0.29, 0.717) is 42.8 Å². The van der Waals surface area contributed by atoms with Gasteiger partial charge in [-0.3, -0.25) is 19.1 Å². The van der Waals surface area contributed by atoms with Crippen LogP contribution in [0.5, 0.6) is 5.75 Å². The maximum absolute atomic E-state index is 14.8. The molecular formula is C38H51N7O8S. The third-order valence-electron chi connectivity index (χ3n) is 12.1. The van der Waals surface area contributed by atoms with E-state index < -0.39 is 62.6 Å². The summed E-state index contributed by atoms with van der Waals surface area (Å²) in [5.41, 5.74) is -0.752. The number of nitrogens with one attached hydrogen (secondary N) is 3. The summed E-state index contributed by atoms with van der Waals surface area (Å²) in [7, 11) is -2.30. The minimum Gasteiger partial charge on any atom is -0.497 e. The van der Waals surface area contributed by atoms with Gasteiger partial charge in [0.1, 0.15) is 17.4 Å². The van der Waals surface area contributed by atoms with Crippen LogP contribution < -0.4 is 20.1 Å². The molecule has 3 N–H and O–H groups in total. The summed E-state index contributed by atoms with van der Waals surface area (Å²) in [6.45, 7) is 3.78. The van der Waals surface area contributed by atoms with Gasteiger partial charge in [0.2, 0.25) is 21.8 Å². The first kappa shape index (κ1) is 38.0. The number of hydrogen-bond donors (Lipinski definition) is 3. The molecule has 2 unspecified atom stereocenters. The van der Waals surface area contributed by atoms with Gasteiger partial charge in [-0.05, 0) is 106 Å². The Hall–Kier alpha value is -4.34. The number of aromatic nitrogens is 4. The van der Waals surface area contributed by atoms with Crippen molar-refractivity contribution in [2.75, 3.05) is 7.11 Å². The maximum atomic E-state index is 14.8. The normalized spacial score (nSPS) is 27.6. The van der Waals surface area contributed by atoms with Crippen molar-refractivity contribution in [3.8, 4) is 17.1 Å². The van der Waals surface area contributed by atoms with Crippen molar-refractivity contribution in [1.29, 1.82) is 0 Å². The highest BCUT2D eigenvalue weighted by atomic mass is 32.2. The van der Waals surface area contributed by atoms with Gasteiger partial charge in [-0.25, -0.2) is 13.2 Å². The van der Waals surface area contributed by atoms with Crippen molar-refractivity contribution < 1.29 is 37.1 Å². The Kier molecular flexibility index (Phi) is 11.1. The molecule has 54 heavy (non-hydrogen) atoms. The second-order valence-electron chi connectivity index (χ2n) is 15.9. The van der Waals surface area contributed by atoms with Crippen LogP contribution in [-0.2, 0) is 29.1 Å². The van der Waals surface area contributed by atoms with Gasteiger partial charge in [-0.15, -0.1) is 16.8 Å². The molecule has 16 heteroatoms. The number of ketones is 1. The Morgan fingerprint density at radius 2 is 1.72 bits per heavy atom. The SMILES string of the molecule is C=CC[C@@H]1C[C@@]1(NC(=O)[C@@H]1C[C@@H](n2nnc(-c3ccc(OC)cc3)n2)CC1C(=O)C(CC1CCCCC1)NC(=O)OC1CCC1)C(=O)NS(=O)(=O)C1CC1. The number of nitrogens with zero attached hydrogens (tertiary/aromatic N) is 4. The van der Waals surface area contributed by atoms with Gasteiger partial charge in [-0.1, -0.05) is 38.2 Å². The minimum absolute atomic E-state index is 0.160. The monoisotopic (exact) mass is 765 g/mol. The van der Waals surface area contributed by atoms with E-state index in [1.165, 1.54) is 4.80 Å². The first-order valence-electron chi connectivity index (χ1n) is 19.4. The Labute approximate surface area is 315 Å². The molecule has 15 nitrogen and oxygen atoms in total. The molecule has 0 spiro atoms. The number of Topliss-reactive ketones (excluding diaryl/α,β-unsaturated/α-hetero) is 1. The van der Waals surface area contributed by atoms with Gasteiger partial charge in [0, 0.05) is 17.4 Å². The molecule has 292 valence electrons. The van der Waals surface area contributed by atoms with Gasteiger partial charge in [0.15, 0.2) is 5.78 Å². The van der Waals surface area contributed by atoms with E-state index in [4.69, 9.17) is 9.47 Å². The van der Waals surface area contributed by atoms with E-state index >= 15 is 0 Å². The van der Waals surface area contributed by atoms with Gasteiger partial charge in [0.25, 0.3) is 5.91 Å². The highest BCUT2D eigenvalue weighted by Crippen LogP contribution is 2.49. The van der Waals surface area contributed by atoms with E-state index in [2.05, 4.69) is 37.3 Å². The quantitative estimate of drug-likeness (QED) is 0.207. The third kappa shape index (κ3) is 8.32. The zero-order chi connectivity index (χ0) is 38.0. The minimum atomic E-state index is -3.88. The second-order valence-corrected chi connectivity index (χ2v) is 17.8. The molecule has 5 aliphatic carbocycles. The first-order valence-corrected chi connectivity index (χ1v) is 21.0. The number of benzene rings is 1.